The zero-order valence-electron chi connectivity index (χ0n) is 46.6. The molecule has 0 saturated carbocycles. The first kappa shape index (κ1) is 71.3. The Hall–Kier alpha value is -5.76. The average molecular weight is 1180 g/mol. The third kappa shape index (κ3) is 35.0. The Labute approximate surface area is 480 Å². The van der Waals surface area contributed by atoms with Crippen LogP contribution in [0, 0.1) is 58.8 Å². The van der Waals surface area contributed by atoms with E-state index in [1.165, 1.54) is 84.9 Å². The van der Waals surface area contributed by atoms with Crippen molar-refractivity contribution in [2.24, 2.45) is 11.8 Å². The van der Waals surface area contributed by atoms with Crippen LogP contribution in [0.5, 0.6) is 23.0 Å². The summed E-state index contributed by atoms with van der Waals surface area (Å²) in [6, 6.07) is 30.9. The van der Waals surface area contributed by atoms with Gasteiger partial charge in [-0.1, -0.05) is 32.0 Å². The number of hydrogen-bond donors (Lipinski definition) is 6. The second kappa shape index (κ2) is 42.1. The molecule has 9 atom stereocenters. The minimum Gasteiger partial charge on any atom is -0.491 e. The van der Waals surface area contributed by atoms with Gasteiger partial charge in [-0.3, -0.25) is 0 Å². The van der Waals surface area contributed by atoms with Crippen molar-refractivity contribution < 1.29 is 81.5 Å². The molecule has 13 nitrogen and oxygen atoms in total. The van der Waals surface area contributed by atoms with Crippen molar-refractivity contribution in [1.82, 2.24) is 0 Å². The van der Waals surface area contributed by atoms with E-state index >= 15 is 0 Å². The molecule has 0 aromatic heterocycles. The fraction of sp³-hybridized carbons (Fsp3) is 0.452. The third-order valence-electron chi connectivity index (χ3n) is 11.6. The van der Waals surface area contributed by atoms with Gasteiger partial charge < -0.3 is 54.1 Å². The summed E-state index contributed by atoms with van der Waals surface area (Å²) in [4.78, 5) is 0.287. The van der Waals surface area contributed by atoms with Crippen LogP contribution in [0.15, 0.2) is 132 Å². The molecule has 0 amide bonds. The number of sulfone groups is 1. The molecule has 0 aliphatic heterocycles. The summed E-state index contributed by atoms with van der Waals surface area (Å²) in [5, 5.41) is 56.1. The molecule has 0 aliphatic rings. The summed E-state index contributed by atoms with van der Waals surface area (Å²) in [6.07, 6.45) is 2.71. The normalized spacial score (nSPS) is 13.7. The smallest absolute Gasteiger partial charge is 0.180 e. The van der Waals surface area contributed by atoms with Gasteiger partial charge in [-0.2, -0.15) is 0 Å². The van der Waals surface area contributed by atoms with Gasteiger partial charge in [0.1, 0.15) is 72.7 Å². The van der Waals surface area contributed by atoms with E-state index in [0.717, 1.165) is 12.8 Å². The lowest BCUT2D eigenvalue weighted by Crippen LogP contribution is -2.23. The van der Waals surface area contributed by atoms with Crippen LogP contribution in [0.25, 0.3) is 0 Å². The Kier molecular flexibility index (Phi) is 37.1. The van der Waals surface area contributed by atoms with Crippen LogP contribution in [0.2, 0.25) is 0 Å². The zero-order valence-corrected chi connectivity index (χ0v) is 48.6. The van der Waals surface area contributed by atoms with Gasteiger partial charge >= 0.3 is 0 Å². The van der Waals surface area contributed by atoms with Crippen molar-refractivity contribution in [1.29, 1.82) is 0 Å². The van der Waals surface area contributed by atoms with Gasteiger partial charge in [0.05, 0.1) is 53.9 Å². The number of benzene rings is 5. The van der Waals surface area contributed by atoms with Gasteiger partial charge in [0.2, 0.25) is 0 Å². The van der Waals surface area contributed by atoms with Crippen molar-refractivity contribution in [3.8, 4) is 46.7 Å². The van der Waals surface area contributed by atoms with Gasteiger partial charge in [0.25, 0.3) is 0 Å². The Morgan fingerprint density at radius 1 is 0.469 bits per heavy atom. The van der Waals surface area contributed by atoms with E-state index in [-0.39, 0.29) is 74.5 Å². The number of ether oxygens (including phenoxy) is 4. The summed E-state index contributed by atoms with van der Waals surface area (Å²) >= 11 is 0. The maximum atomic E-state index is 12.8. The molecule has 5 aromatic carbocycles. The fourth-order valence-electron chi connectivity index (χ4n) is 6.77. The molecule has 7 unspecified atom stereocenters. The number of hydrogen-bond acceptors (Lipinski definition) is 13. The summed E-state index contributed by atoms with van der Waals surface area (Å²) in [7, 11) is -1.20. The molecule has 5 aromatic rings. The van der Waals surface area contributed by atoms with E-state index in [1.807, 2.05) is 13.8 Å². The van der Waals surface area contributed by atoms with Crippen molar-refractivity contribution in [3.63, 3.8) is 0 Å². The maximum absolute atomic E-state index is 12.8. The molecule has 5 rings (SSSR count). The molecule has 0 fully saturated rings. The van der Waals surface area contributed by atoms with Gasteiger partial charge in [-0.05, 0) is 174 Å². The fourth-order valence-corrected chi connectivity index (χ4v) is 8.34. The number of aliphatic hydroxyl groups is 6. The SMILES string of the molecule is CC(C#CCCO)CC[C@H](O)COc1ccc(F)cc1.CC(C#CCCOP)CCC(O)COc1ccc(F)cc1.CC(CCC(O)COc1ccc(F)cc1)S(=O)(=O)c1ccccc1.CC(O)CC[C@H](O)COc1ccc(F)cc1.[3HH]. The highest BCUT2D eigenvalue weighted by Gasteiger charge is 2.24. The maximum Gasteiger partial charge on any atom is 0.180 e. The lowest BCUT2D eigenvalue weighted by atomic mass is 10.0. The Balaban J connectivity index is 0.000000550. The molecular weight excluding hydrogens is 1090 g/mol. The van der Waals surface area contributed by atoms with Gasteiger partial charge in [-0.25, -0.2) is 26.0 Å². The molecular formula is C62H83F4O13PS. The van der Waals surface area contributed by atoms with Crippen LogP contribution in [0.3, 0.4) is 0 Å². The molecule has 6 N–H and O–H groups in total. The largest absolute Gasteiger partial charge is 0.491 e. The van der Waals surface area contributed by atoms with Gasteiger partial charge in [0, 0.05) is 35.6 Å². The summed E-state index contributed by atoms with van der Waals surface area (Å²) in [6.45, 7) is 8.58. The van der Waals surface area contributed by atoms with Gasteiger partial charge in [0.15, 0.2) is 9.84 Å². The van der Waals surface area contributed by atoms with Crippen molar-refractivity contribution in [3.05, 3.63) is 151 Å². The molecule has 0 spiro atoms. The van der Waals surface area contributed by atoms with Crippen molar-refractivity contribution in [2.75, 3.05) is 39.6 Å². The first-order valence-corrected chi connectivity index (χ1v) is 28.8. The predicted molar refractivity (Wildman–Crippen MR) is 311 cm³/mol. The van der Waals surface area contributed by atoms with E-state index < -0.39 is 45.6 Å². The molecule has 0 heterocycles. The van der Waals surface area contributed by atoms with Crippen molar-refractivity contribution >= 4 is 19.3 Å². The van der Waals surface area contributed by atoms with Crippen LogP contribution in [-0.2, 0) is 14.4 Å². The summed E-state index contributed by atoms with van der Waals surface area (Å²) < 4.78 is 102. The Bertz CT molecular complexity index is 2640. The molecule has 0 bridgehead atoms. The predicted octanol–water partition coefficient (Wildman–Crippen LogP) is 10.7. The van der Waals surface area contributed by atoms with Crippen LogP contribution >= 0.6 is 9.47 Å². The second-order valence-electron chi connectivity index (χ2n) is 19.0. The van der Waals surface area contributed by atoms with Crippen LogP contribution in [0.1, 0.15) is 93.3 Å². The topological polar surface area (TPSA) is 202 Å². The highest BCUT2D eigenvalue weighted by Crippen LogP contribution is 2.21. The molecule has 19 heteroatoms. The molecule has 0 aliphatic carbocycles. The monoisotopic (exact) mass is 1180 g/mol. The van der Waals surface area contributed by atoms with E-state index in [4.69, 9.17) is 33.7 Å². The average Bonchev–Trinajstić information content (AvgIpc) is 3.54. The van der Waals surface area contributed by atoms with Crippen LogP contribution in [-0.4, -0.2) is 114 Å². The standard InChI is InChI=1S/C18H21FO4S.C16H22FO3P.C16H21FO3.C12H17FO3.H2/c1-14(24(21,22)18-5-3-2-4-6-18)7-10-16(20)13-23-17-11-8-15(19)9-12-17;1-13(4-2-3-11-20-21)5-8-15(18)12-19-16-9-6-14(17)7-10-16;1-13(4-2-3-11-18)5-8-15(19)12-20-16-9-6-14(17)7-10-16;1-9(14)2-5-11(15)8-16-12-6-3-10(13)4-7-12;/h2-6,8-9,11-12,14,16,20H,7,10,13H2,1H3;6-7,9-10,13,15,18H,3,5,8,11-12,21H2,1H3;6-7,9-10,13,15,18-19H,3,5,8,11-12H2,1H3;3-4,6-7,9,11,14-15H,2,5,8H2,1H3;1H/t;;13?,15-;9?,11-;/m..00./s1/i;;;;1+2. The number of rotatable bonds is 29. The third-order valence-corrected chi connectivity index (χ3v) is 14.1. The lowest BCUT2D eigenvalue weighted by Gasteiger charge is -2.16. The van der Waals surface area contributed by atoms with Gasteiger partial charge in [-0.15, -0.1) is 23.7 Å². The minimum atomic E-state index is -3.40. The summed E-state index contributed by atoms with van der Waals surface area (Å²) in [5.74, 6) is 13.3. The van der Waals surface area contributed by atoms with E-state index in [2.05, 4.69) is 33.1 Å². The van der Waals surface area contributed by atoms with E-state index in [0.29, 0.717) is 81.0 Å². The van der Waals surface area contributed by atoms with Crippen LogP contribution in [0.4, 0.5) is 17.6 Å². The molecule has 81 heavy (non-hydrogen) atoms. The van der Waals surface area contributed by atoms with E-state index in [9.17, 15) is 46.4 Å². The first-order chi connectivity index (χ1) is 38.7. The molecule has 0 saturated heterocycles. The highest BCUT2D eigenvalue weighted by atomic mass is 32.2. The van der Waals surface area contributed by atoms with E-state index in [1.54, 1.807) is 56.3 Å². The molecule has 448 valence electrons. The second-order valence-corrected chi connectivity index (χ2v) is 21.7. The minimum absolute atomic E-state index is 0. The Morgan fingerprint density at radius 3 is 1.11 bits per heavy atom. The zero-order chi connectivity index (χ0) is 59.8. The van der Waals surface area contributed by atoms with Crippen molar-refractivity contribution in [2.45, 2.75) is 133 Å². The quantitative estimate of drug-likeness (QED) is 0.0114. The number of halogens is 4. The number of aliphatic hydroxyl groups excluding tert-OH is 6. The highest BCUT2D eigenvalue weighted by molar-refractivity contribution is 7.92. The Morgan fingerprint density at radius 2 is 0.790 bits per heavy atom. The molecule has 0 radical (unpaired) electrons. The summed E-state index contributed by atoms with van der Waals surface area (Å²) in [5.41, 5.74) is 0. The first-order valence-electron chi connectivity index (χ1n) is 26.8. The lowest BCUT2D eigenvalue weighted by molar-refractivity contribution is 0.0809. The van der Waals surface area contributed by atoms with Crippen LogP contribution < -0.4 is 18.9 Å².